The molecule has 0 radical (unpaired) electrons. The first-order chi connectivity index (χ1) is 17.9. The number of aromatic nitrogens is 2. The maximum absolute atomic E-state index is 13.3. The predicted molar refractivity (Wildman–Crippen MR) is 138 cm³/mol. The number of H-pyrrole nitrogens is 1. The summed E-state index contributed by atoms with van der Waals surface area (Å²) in [6, 6.07) is 16.9. The summed E-state index contributed by atoms with van der Waals surface area (Å²) in [5, 5.41) is 12.2. The van der Waals surface area contributed by atoms with E-state index in [1.165, 1.54) is 18.2 Å². The zero-order chi connectivity index (χ0) is 26.1. The molecule has 1 aliphatic heterocycles. The van der Waals surface area contributed by atoms with Gasteiger partial charge in [-0.2, -0.15) is 0 Å². The van der Waals surface area contributed by atoms with E-state index in [0.29, 0.717) is 23.1 Å². The molecule has 1 amide bonds. The lowest BCUT2D eigenvalue weighted by molar-refractivity contribution is -0.139. The summed E-state index contributed by atoms with van der Waals surface area (Å²) in [5.41, 5.74) is 4.31. The summed E-state index contributed by atoms with van der Waals surface area (Å²) in [4.78, 5) is 47.4. The van der Waals surface area contributed by atoms with E-state index in [4.69, 9.17) is 4.74 Å². The number of amides is 1. The maximum atomic E-state index is 13.3. The van der Waals surface area contributed by atoms with E-state index in [1.807, 2.05) is 31.2 Å². The number of aryl methyl sites for hydroxylation is 1. The molecular weight excluding hydrogens is 470 g/mol. The molecule has 1 aliphatic rings. The number of likely N-dealkylation sites (tertiary alicyclic amines) is 1. The Morgan fingerprint density at radius 2 is 1.81 bits per heavy atom. The van der Waals surface area contributed by atoms with E-state index >= 15 is 0 Å². The molecular formula is C29H25N3O5. The zero-order valence-electron chi connectivity index (χ0n) is 20.4. The number of carbonyl (C=O) groups is 3. The number of nitrogens with zero attached hydrogens (tertiary/aromatic N) is 2. The Kier molecular flexibility index (Phi) is 6.31. The van der Waals surface area contributed by atoms with Gasteiger partial charge in [-0.15, -0.1) is 0 Å². The minimum Gasteiger partial charge on any atom is -0.507 e. The number of ketones is 1. The first kappa shape index (κ1) is 24.0. The quantitative estimate of drug-likeness (QED) is 0.178. The van der Waals surface area contributed by atoms with Gasteiger partial charge in [0.1, 0.15) is 5.76 Å². The van der Waals surface area contributed by atoms with E-state index in [9.17, 15) is 19.5 Å². The van der Waals surface area contributed by atoms with Gasteiger partial charge in [0.25, 0.3) is 11.7 Å². The fourth-order valence-corrected chi connectivity index (χ4v) is 4.92. The van der Waals surface area contributed by atoms with Gasteiger partial charge in [0.15, 0.2) is 0 Å². The van der Waals surface area contributed by atoms with E-state index in [0.717, 1.165) is 22.2 Å². The van der Waals surface area contributed by atoms with Crippen LogP contribution in [0.2, 0.25) is 0 Å². The molecule has 2 aromatic heterocycles. The zero-order valence-corrected chi connectivity index (χ0v) is 20.4. The van der Waals surface area contributed by atoms with E-state index in [1.54, 1.807) is 42.6 Å². The number of aromatic amines is 1. The van der Waals surface area contributed by atoms with Crippen LogP contribution in [-0.2, 0) is 20.7 Å². The molecule has 0 aliphatic carbocycles. The van der Waals surface area contributed by atoms with Crippen molar-refractivity contribution in [2.24, 2.45) is 0 Å². The van der Waals surface area contributed by atoms with Crippen molar-refractivity contribution in [2.45, 2.75) is 19.4 Å². The molecule has 0 saturated carbocycles. The number of hydrogen-bond donors (Lipinski definition) is 2. The van der Waals surface area contributed by atoms with Gasteiger partial charge in [0.05, 0.1) is 24.3 Å². The Bertz CT molecular complexity index is 1540. The van der Waals surface area contributed by atoms with Gasteiger partial charge in [-0.05, 0) is 54.8 Å². The molecule has 186 valence electrons. The van der Waals surface area contributed by atoms with Gasteiger partial charge in [-0.25, -0.2) is 4.79 Å². The Labute approximate surface area is 213 Å². The average Bonchev–Trinajstić information content (AvgIpc) is 3.39. The molecule has 5 rings (SSSR count). The third-order valence-electron chi connectivity index (χ3n) is 6.75. The molecule has 2 N–H and O–H groups in total. The summed E-state index contributed by atoms with van der Waals surface area (Å²) in [7, 11) is 1.30. The summed E-state index contributed by atoms with van der Waals surface area (Å²) in [5.74, 6) is -2.24. The molecule has 4 aromatic rings. The first-order valence-electron chi connectivity index (χ1n) is 11.8. The normalized spacial score (nSPS) is 16.9. The van der Waals surface area contributed by atoms with Gasteiger partial charge in [-0.1, -0.05) is 30.3 Å². The second-order valence-electron chi connectivity index (χ2n) is 8.87. The number of ether oxygens (including phenoxy) is 1. The fraction of sp³-hybridized carbons (Fsp3) is 0.172. The molecule has 1 saturated heterocycles. The van der Waals surface area contributed by atoms with Crippen LogP contribution in [0, 0.1) is 6.92 Å². The van der Waals surface area contributed by atoms with Crippen LogP contribution in [0.15, 0.2) is 78.6 Å². The monoisotopic (exact) mass is 495 g/mol. The molecule has 0 spiro atoms. The van der Waals surface area contributed by atoms with Crippen molar-refractivity contribution in [1.29, 1.82) is 0 Å². The summed E-state index contributed by atoms with van der Waals surface area (Å²) < 4.78 is 4.78. The van der Waals surface area contributed by atoms with Gasteiger partial charge >= 0.3 is 5.97 Å². The Balaban J connectivity index is 1.57. The number of methoxy groups -OCH3 is 1. The number of hydrogen-bond acceptors (Lipinski definition) is 6. The molecule has 1 atom stereocenters. The summed E-state index contributed by atoms with van der Waals surface area (Å²) in [6.45, 7) is 2.23. The van der Waals surface area contributed by atoms with E-state index in [2.05, 4.69) is 9.97 Å². The Hall–Kier alpha value is -4.72. The first-order valence-corrected chi connectivity index (χ1v) is 11.8. The van der Waals surface area contributed by atoms with Crippen LogP contribution in [0.5, 0.6) is 0 Å². The van der Waals surface area contributed by atoms with Gasteiger partial charge in [-0.3, -0.25) is 14.6 Å². The summed E-state index contributed by atoms with van der Waals surface area (Å²) in [6.07, 6.45) is 3.50. The average molecular weight is 496 g/mol. The van der Waals surface area contributed by atoms with Crippen LogP contribution in [0.1, 0.15) is 38.8 Å². The standard InChI is InChI=1S/C29H25N3O5/c1-17-21(22-7-3-4-8-23(22)31-17)13-15-32-25(18-9-11-19(12-10-18)29(36)37-2)24(27(34)28(32)35)26(33)20-6-5-14-30-16-20/h3-12,14,16,25,31,33H,13,15H2,1-2H3. The van der Waals surface area contributed by atoms with Gasteiger partial charge in [0, 0.05) is 41.1 Å². The lowest BCUT2D eigenvalue weighted by Crippen LogP contribution is -2.31. The number of nitrogens with one attached hydrogen (secondary N) is 1. The van der Waals surface area contributed by atoms with Crippen molar-refractivity contribution in [1.82, 2.24) is 14.9 Å². The number of pyridine rings is 1. The van der Waals surface area contributed by atoms with Gasteiger partial charge < -0.3 is 19.7 Å². The van der Waals surface area contributed by atoms with Crippen LogP contribution < -0.4 is 0 Å². The maximum Gasteiger partial charge on any atom is 0.337 e. The molecule has 3 heterocycles. The highest BCUT2D eigenvalue weighted by Crippen LogP contribution is 2.39. The molecule has 1 unspecified atom stereocenters. The molecule has 8 nitrogen and oxygen atoms in total. The molecule has 2 aromatic carbocycles. The Morgan fingerprint density at radius 3 is 2.51 bits per heavy atom. The third kappa shape index (κ3) is 4.27. The van der Waals surface area contributed by atoms with Crippen molar-refractivity contribution in [2.75, 3.05) is 13.7 Å². The van der Waals surface area contributed by atoms with Crippen LogP contribution in [0.3, 0.4) is 0 Å². The van der Waals surface area contributed by atoms with Crippen molar-refractivity contribution in [3.8, 4) is 0 Å². The minimum atomic E-state index is -0.836. The van der Waals surface area contributed by atoms with Crippen molar-refractivity contribution >= 4 is 34.3 Å². The fourth-order valence-electron chi connectivity index (χ4n) is 4.92. The second-order valence-corrected chi connectivity index (χ2v) is 8.87. The summed E-state index contributed by atoms with van der Waals surface area (Å²) >= 11 is 0. The van der Waals surface area contributed by atoms with Crippen LogP contribution in [0.25, 0.3) is 16.7 Å². The lowest BCUT2D eigenvalue weighted by Gasteiger charge is -2.25. The topological polar surface area (TPSA) is 113 Å². The van der Waals surface area contributed by atoms with Crippen LogP contribution in [0.4, 0.5) is 0 Å². The highest BCUT2D eigenvalue weighted by Gasteiger charge is 2.46. The number of carbonyl (C=O) groups excluding carboxylic acids is 3. The number of esters is 1. The van der Waals surface area contributed by atoms with Gasteiger partial charge in [0.2, 0.25) is 0 Å². The highest BCUT2D eigenvalue weighted by atomic mass is 16.5. The van der Waals surface area contributed by atoms with Crippen molar-refractivity contribution in [3.63, 3.8) is 0 Å². The lowest BCUT2D eigenvalue weighted by atomic mass is 9.95. The van der Waals surface area contributed by atoms with E-state index in [-0.39, 0.29) is 17.9 Å². The third-order valence-corrected chi connectivity index (χ3v) is 6.75. The highest BCUT2D eigenvalue weighted by molar-refractivity contribution is 6.46. The van der Waals surface area contributed by atoms with E-state index < -0.39 is 23.7 Å². The minimum absolute atomic E-state index is 0.0144. The number of aliphatic hydroxyl groups excluding tert-OH is 1. The van der Waals surface area contributed by atoms with Crippen molar-refractivity contribution in [3.05, 3.63) is 107 Å². The second kappa shape index (κ2) is 9.73. The molecule has 0 bridgehead atoms. The number of Topliss-reactive ketones (excluding diaryl/α,β-unsaturated/α-hetero) is 1. The Morgan fingerprint density at radius 1 is 1.05 bits per heavy atom. The number of benzene rings is 2. The van der Waals surface area contributed by atoms with Crippen LogP contribution >= 0.6 is 0 Å². The molecule has 8 heteroatoms. The number of para-hydroxylation sites is 1. The van der Waals surface area contributed by atoms with Crippen molar-refractivity contribution < 1.29 is 24.2 Å². The molecule has 1 fully saturated rings. The number of fused-ring (bicyclic) bond motifs is 1. The smallest absolute Gasteiger partial charge is 0.337 e. The molecule has 37 heavy (non-hydrogen) atoms. The van der Waals surface area contributed by atoms with Crippen LogP contribution in [-0.4, -0.2) is 51.3 Å². The number of aliphatic hydroxyl groups is 1. The SMILES string of the molecule is COC(=O)c1ccc(C2C(=C(O)c3cccnc3)C(=O)C(=O)N2CCc2c(C)[nH]c3ccccc23)cc1. The largest absolute Gasteiger partial charge is 0.507 e. The number of rotatable bonds is 6. The predicted octanol–water partition coefficient (Wildman–Crippen LogP) is 4.32.